The summed E-state index contributed by atoms with van der Waals surface area (Å²) in [6.07, 6.45) is 24.7. The number of alkyl halides is 1. The summed E-state index contributed by atoms with van der Waals surface area (Å²) in [6.45, 7) is 6.06. The molecule has 0 N–H and O–H groups in total. The van der Waals surface area contributed by atoms with Crippen LogP contribution in [0.1, 0.15) is 136 Å². The van der Waals surface area contributed by atoms with Crippen LogP contribution in [0.25, 0.3) is 0 Å². The quantitative estimate of drug-likeness (QED) is 0.0996. The van der Waals surface area contributed by atoms with Gasteiger partial charge in [-0.2, -0.15) is 0 Å². The molecule has 0 aliphatic rings. The second-order valence-electron chi connectivity index (χ2n) is 9.28. The van der Waals surface area contributed by atoms with Gasteiger partial charge in [-0.15, -0.1) is 0 Å². The Morgan fingerprint density at radius 3 is 0.875 bits per heavy atom. The SMILES string of the molecule is COC(C)(C)C.COCCl.O=CCCCCCCCCCCCCCCCCCCC=O. The van der Waals surface area contributed by atoms with E-state index in [9.17, 15) is 9.59 Å². The molecule has 194 valence electrons. The second kappa shape index (κ2) is 32.7. The van der Waals surface area contributed by atoms with Crippen molar-refractivity contribution in [3.05, 3.63) is 0 Å². The molecule has 0 fully saturated rings. The molecule has 0 saturated heterocycles. The Balaban J connectivity index is -0.000000696. The van der Waals surface area contributed by atoms with Crippen molar-refractivity contribution < 1.29 is 19.1 Å². The van der Waals surface area contributed by atoms with Gasteiger partial charge in [0.1, 0.15) is 18.6 Å². The minimum absolute atomic E-state index is 0.0417. The molecule has 0 bridgehead atoms. The number of aldehydes is 2. The zero-order valence-electron chi connectivity index (χ0n) is 22.1. The highest BCUT2D eigenvalue weighted by molar-refractivity contribution is 6.17. The predicted octanol–water partition coefficient (Wildman–Crippen LogP) is 8.67. The Kier molecular flexibility index (Phi) is 36.9. The minimum atomic E-state index is 0.0417. The van der Waals surface area contributed by atoms with Gasteiger partial charge in [-0.1, -0.05) is 101 Å². The Morgan fingerprint density at radius 2 is 0.750 bits per heavy atom. The number of methoxy groups -OCH3 is 2. The largest absolute Gasteiger partial charge is 0.379 e. The Morgan fingerprint density at radius 1 is 0.562 bits per heavy atom. The number of rotatable bonds is 20. The molecular weight excluding hydrogens is 424 g/mol. The van der Waals surface area contributed by atoms with E-state index >= 15 is 0 Å². The van der Waals surface area contributed by atoms with Gasteiger partial charge in [-0.3, -0.25) is 0 Å². The fraction of sp³-hybridized carbons (Fsp3) is 0.926. The van der Waals surface area contributed by atoms with Gasteiger partial charge in [0.15, 0.2) is 0 Å². The summed E-state index contributed by atoms with van der Waals surface area (Å²) < 4.78 is 9.24. The molecule has 0 unspecified atom stereocenters. The van der Waals surface area contributed by atoms with Gasteiger partial charge in [-0.25, -0.2) is 0 Å². The third kappa shape index (κ3) is 47.4. The Hall–Kier alpha value is -0.450. The van der Waals surface area contributed by atoms with Crippen LogP contribution < -0.4 is 0 Å². The fourth-order valence-electron chi connectivity index (χ4n) is 2.93. The zero-order valence-corrected chi connectivity index (χ0v) is 22.9. The van der Waals surface area contributed by atoms with E-state index < -0.39 is 0 Å². The molecule has 4 nitrogen and oxygen atoms in total. The molecule has 0 amide bonds. The van der Waals surface area contributed by atoms with Crippen LogP contribution in [0, 0.1) is 0 Å². The normalized spacial score (nSPS) is 10.6. The summed E-state index contributed by atoms with van der Waals surface area (Å²) in [4.78, 5) is 20.3. The van der Waals surface area contributed by atoms with E-state index in [1.165, 1.54) is 89.9 Å². The van der Waals surface area contributed by atoms with E-state index in [2.05, 4.69) is 4.74 Å². The van der Waals surface area contributed by atoms with Gasteiger partial charge in [0, 0.05) is 27.1 Å². The maximum absolute atomic E-state index is 10.2. The van der Waals surface area contributed by atoms with Crippen LogP contribution in [-0.2, 0) is 19.1 Å². The molecule has 0 aromatic rings. The number of unbranched alkanes of at least 4 members (excludes halogenated alkanes) is 17. The number of hydrogen-bond acceptors (Lipinski definition) is 4. The van der Waals surface area contributed by atoms with E-state index in [-0.39, 0.29) is 5.60 Å². The summed E-state index contributed by atoms with van der Waals surface area (Å²) in [7, 11) is 3.26. The first-order valence-corrected chi connectivity index (χ1v) is 13.4. The summed E-state index contributed by atoms with van der Waals surface area (Å²) in [5.74, 6) is 0. The van der Waals surface area contributed by atoms with E-state index in [0.29, 0.717) is 6.07 Å². The standard InChI is InChI=1S/C20H38O2.C5H12O.C2H5ClO/c21-19-17-15-13-11-9-7-5-3-1-2-4-6-8-10-12-14-16-18-20-22;1-5(2,3)6-4;1-4-2-3/h19-20H,1-18H2;1-4H3;2H2,1H3. The van der Waals surface area contributed by atoms with Crippen LogP contribution in [0.2, 0.25) is 0 Å². The van der Waals surface area contributed by atoms with Crippen molar-refractivity contribution in [1.29, 1.82) is 0 Å². The molecule has 0 atom stereocenters. The van der Waals surface area contributed by atoms with Crippen LogP contribution in [0.15, 0.2) is 0 Å². The third-order valence-corrected chi connectivity index (χ3v) is 5.33. The third-order valence-electron chi connectivity index (χ3n) is 5.12. The maximum Gasteiger partial charge on any atom is 0.120 e. The molecular formula is C27H55ClO4. The summed E-state index contributed by atoms with van der Waals surface area (Å²) in [5.41, 5.74) is 0.0417. The lowest BCUT2D eigenvalue weighted by Crippen LogP contribution is -2.15. The van der Waals surface area contributed by atoms with E-state index in [1.54, 1.807) is 14.2 Å². The first kappa shape index (κ1) is 36.1. The van der Waals surface area contributed by atoms with Crippen LogP contribution in [0.3, 0.4) is 0 Å². The number of carbonyl (C=O) groups excluding carboxylic acids is 2. The van der Waals surface area contributed by atoms with Gasteiger partial charge >= 0.3 is 0 Å². The Labute approximate surface area is 205 Å². The minimum Gasteiger partial charge on any atom is -0.379 e. The maximum atomic E-state index is 10.2. The number of halogens is 1. The monoisotopic (exact) mass is 478 g/mol. The number of carbonyl (C=O) groups is 2. The molecule has 0 aliphatic carbocycles. The molecule has 0 saturated carbocycles. The van der Waals surface area contributed by atoms with E-state index in [1.807, 2.05) is 20.8 Å². The molecule has 32 heavy (non-hydrogen) atoms. The summed E-state index contributed by atoms with van der Waals surface area (Å²) >= 11 is 4.96. The average molecular weight is 479 g/mol. The van der Waals surface area contributed by atoms with Crippen molar-refractivity contribution in [3.8, 4) is 0 Å². The van der Waals surface area contributed by atoms with Crippen LogP contribution in [-0.4, -0.2) is 38.5 Å². The van der Waals surface area contributed by atoms with Gasteiger partial charge in [0.2, 0.25) is 0 Å². The van der Waals surface area contributed by atoms with Gasteiger partial charge in [-0.05, 0) is 33.6 Å². The van der Waals surface area contributed by atoms with Crippen LogP contribution in [0.4, 0.5) is 0 Å². The topological polar surface area (TPSA) is 52.6 Å². The smallest absolute Gasteiger partial charge is 0.120 e. The zero-order chi connectivity index (χ0) is 24.8. The predicted molar refractivity (Wildman–Crippen MR) is 140 cm³/mol. The van der Waals surface area contributed by atoms with Crippen LogP contribution >= 0.6 is 11.6 Å². The van der Waals surface area contributed by atoms with Crippen molar-refractivity contribution >= 4 is 24.2 Å². The summed E-state index contributed by atoms with van der Waals surface area (Å²) in [5, 5.41) is 0. The van der Waals surface area contributed by atoms with E-state index in [0.717, 1.165) is 38.3 Å². The van der Waals surface area contributed by atoms with Gasteiger partial charge < -0.3 is 19.1 Å². The highest BCUT2D eigenvalue weighted by Crippen LogP contribution is 2.14. The molecule has 0 spiro atoms. The lowest BCUT2D eigenvalue weighted by Gasteiger charge is -2.14. The first-order valence-electron chi connectivity index (χ1n) is 12.9. The van der Waals surface area contributed by atoms with Crippen molar-refractivity contribution in [2.75, 3.05) is 20.3 Å². The first-order chi connectivity index (χ1) is 15.4. The van der Waals surface area contributed by atoms with Gasteiger partial charge in [0.05, 0.1) is 5.60 Å². The molecule has 0 aromatic heterocycles. The average Bonchev–Trinajstić information content (AvgIpc) is 2.78. The van der Waals surface area contributed by atoms with Gasteiger partial charge in [0.25, 0.3) is 0 Å². The van der Waals surface area contributed by atoms with Crippen molar-refractivity contribution in [1.82, 2.24) is 0 Å². The lowest BCUT2D eigenvalue weighted by atomic mass is 10.0. The van der Waals surface area contributed by atoms with Crippen molar-refractivity contribution in [2.24, 2.45) is 0 Å². The van der Waals surface area contributed by atoms with Crippen molar-refractivity contribution in [2.45, 2.75) is 142 Å². The van der Waals surface area contributed by atoms with Crippen LogP contribution in [0.5, 0.6) is 0 Å². The molecule has 5 heteroatoms. The number of ether oxygens (including phenoxy) is 2. The lowest BCUT2D eigenvalue weighted by molar-refractivity contribution is -0.108. The molecule has 0 aromatic carbocycles. The highest BCUT2D eigenvalue weighted by Gasteiger charge is 2.04. The number of hydrogen-bond donors (Lipinski definition) is 0. The fourth-order valence-corrected chi connectivity index (χ4v) is 2.93. The molecule has 0 heterocycles. The Bertz CT molecular complexity index is 317. The molecule has 0 aliphatic heterocycles. The van der Waals surface area contributed by atoms with E-state index in [4.69, 9.17) is 16.3 Å². The second-order valence-corrected chi connectivity index (χ2v) is 9.50. The van der Waals surface area contributed by atoms with Crippen molar-refractivity contribution in [3.63, 3.8) is 0 Å². The molecule has 0 radical (unpaired) electrons. The highest BCUT2D eigenvalue weighted by atomic mass is 35.5. The summed E-state index contributed by atoms with van der Waals surface area (Å²) in [6, 6.07) is 0.292. The molecule has 0 rings (SSSR count).